The van der Waals surface area contributed by atoms with Crippen molar-refractivity contribution in [1.82, 2.24) is 0 Å². The lowest BCUT2D eigenvalue weighted by molar-refractivity contribution is -0.137. The molecule has 3 heteroatoms. The Kier molecular flexibility index (Phi) is 27.2. The van der Waals surface area contributed by atoms with Crippen LogP contribution in [0.3, 0.4) is 0 Å². The molecular formula is C30H60O3. The Hall–Kier alpha value is -0.570. The Balaban J connectivity index is 3.12. The van der Waals surface area contributed by atoms with E-state index in [2.05, 4.69) is 6.92 Å². The SMILES string of the molecule is CCCCCCCCCCC(O)CCCCCCCCCCCCCCCCCCC(=O)O. The molecule has 3 nitrogen and oxygen atoms in total. The van der Waals surface area contributed by atoms with Gasteiger partial charge in [-0.25, -0.2) is 0 Å². The predicted molar refractivity (Wildman–Crippen MR) is 144 cm³/mol. The van der Waals surface area contributed by atoms with Gasteiger partial charge in [0.15, 0.2) is 0 Å². The summed E-state index contributed by atoms with van der Waals surface area (Å²) in [6, 6.07) is 0. The molecule has 0 radical (unpaired) electrons. The first kappa shape index (κ1) is 32.4. The lowest BCUT2D eigenvalue weighted by Crippen LogP contribution is -2.05. The Morgan fingerprint density at radius 3 is 1.06 bits per heavy atom. The second-order valence-corrected chi connectivity index (χ2v) is 10.5. The summed E-state index contributed by atoms with van der Waals surface area (Å²) < 4.78 is 0. The summed E-state index contributed by atoms with van der Waals surface area (Å²) in [4.78, 5) is 10.4. The van der Waals surface area contributed by atoms with Crippen molar-refractivity contribution >= 4 is 5.97 Å². The van der Waals surface area contributed by atoms with Crippen LogP contribution in [0.25, 0.3) is 0 Å². The molecule has 0 spiro atoms. The van der Waals surface area contributed by atoms with Crippen molar-refractivity contribution in [2.75, 3.05) is 0 Å². The lowest BCUT2D eigenvalue weighted by Gasteiger charge is -2.10. The highest BCUT2D eigenvalue weighted by molar-refractivity contribution is 5.66. The van der Waals surface area contributed by atoms with Crippen molar-refractivity contribution < 1.29 is 15.0 Å². The third-order valence-electron chi connectivity index (χ3n) is 7.07. The number of carbonyl (C=O) groups is 1. The molecule has 0 bridgehead atoms. The van der Waals surface area contributed by atoms with Crippen LogP contribution in [0.5, 0.6) is 0 Å². The largest absolute Gasteiger partial charge is 0.481 e. The van der Waals surface area contributed by atoms with Gasteiger partial charge in [-0.05, 0) is 19.3 Å². The number of aliphatic carboxylic acids is 1. The van der Waals surface area contributed by atoms with Crippen LogP contribution in [0, 0.1) is 0 Å². The molecule has 0 aliphatic carbocycles. The Morgan fingerprint density at radius 1 is 0.485 bits per heavy atom. The quantitative estimate of drug-likeness (QED) is 0.112. The highest BCUT2D eigenvalue weighted by atomic mass is 16.4. The average Bonchev–Trinajstić information content (AvgIpc) is 2.79. The van der Waals surface area contributed by atoms with Gasteiger partial charge in [0.2, 0.25) is 0 Å². The number of carboxylic acid groups (broad SMARTS) is 1. The van der Waals surface area contributed by atoms with Gasteiger partial charge in [-0.15, -0.1) is 0 Å². The van der Waals surface area contributed by atoms with E-state index in [1.165, 1.54) is 141 Å². The molecular weight excluding hydrogens is 408 g/mol. The van der Waals surface area contributed by atoms with Gasteiger partial charge in [-0.3, -0.25) is 4.79 Å². The van der Waals surface area contributed by atoms with Gasteiger partial charge in [0.25, 0.3) is 0 Å². The number of aliphatic hydroxyl groups is 1. The number of aliphatic hydroxyl groups excluding tert-OH is 1. The van der Waals surface area contributed by atoms with Crippen molar-refractivity contribution in [2.24, 2.45) is 0 Å². The van der Waals surface area contributed by atoms with E-state index in [0.29, 0.717) is 6.42 Å². The topological polar surface area (TPSA) is 57.5 Å². The monoisotopic (exact) mass is 468 g/mol. The maximum Gasteiger partial charge on any atom is 0.303 e. The van der Waals surface area contributed by atoms with Gasteiger partial charge < -0.3 is 10.2 Å². The summed E-state index contributed by atoms with van der Waals surface area (Å²) in [5.41, 5.74) is 0. The molecule has 2 N–H and O–H groups in total. The molecule has 0 rings (SSSR count). The number of rotatable bonds is 28. The van der Waals surface area contributed by atoms with Crippen LogP contribution in [0.4, 0.5) is 0 Å². The van der Waals surface area contributed by atoms with Crippen LogP contribution in [0.15, 0.2) is 0 Å². The molecule has 0 heterocycles. The summed E-state index contributed by atoms with van der Waals surface area (Å²) in [7, 11) is 0. The summed E-state index contributed by atoms with van der Waals surface area (Å²) in [5, 5.41) is 18.8. The van der Waals surface area contributed by atoms with Crippen molar-refractivity contribution in [3.05, 3.63) is 0 Å². The summed E-state index contributed by atoms with van der Waals surface area (Å²) in [6.07, 6.45) is 33.7. The van der Waals surface area contributed by atoms with Crippen molar-refractivity contribution in [3.63, 3.8) is 0 Å². The first-order chi connectivity index (χ1) is 16.2. The van der Waals surface area contributed by atoms with E-state index in [1.807, 2.05) is 0 Å². The van der Waals surface area contributed by atoms with Crippen LogP contribution in [-0.2, 0) is 4.79 Å². The molecule has 0 aromatic rings. The molecule has 0 aliphatic heterocycles. The van der Waals surface area contributed by atoms with Gasteiger partial charge >= 0.3 is 5.97 Å². The molecule has 33 heavy (non-hydrogen) atoms. The number of hydrogen-bond acceptors (Lipinski definition) is 2. The van der Waals surface area contributed by atoms with Gasteiger partial charge in [0.05, 0.1) is 6.10 Å². The third-order valence-corrected chi connectivity index (χ3v) is 7.07. The van der Waals surface area contributed by atoms with Crippen LogP contribution in [0.1, 0.15) is 180 Å². The normalized spacial score (nSPS) is 12.3. The molecule has 0 aliphatic rings. The molecule has 0 aromatic carbocycles. The molecule has 1 unspecified atom stereocenters. The summed E-state index contributed by atoms with van der Waals surface area (Å²) in [5.74, 6) is -0.658. The fourth-order valence-corrected chi connectivity index (χ4v) is 4.79. The Bertz CT molecular complexity index is 383. The van der Waals surface area contributed by atoms with E-state index in [-0.39, 0.29) is 6.10 Å². The second-order valence-electron chi connectivity index (χ2n) is 10.5. The molecule has 0 saturated carbocycles. The standard InChI is InChI=1S/C30H60O3/c1-2-3-4-5-6-17-20-23-26-29(31)27-24-21-18-15-13-11-9-7-8-10-12-14-16-19-22-25-28-30(32)33/h29,31H,2-28H2,1H3,(H,32,33). The molecule has 198 valence electrons. The average molecular weight is 469 g/mol. The van der Waals surface area contributed by atoms with E-state index in [0.717, 1.165) is 25.7 Å². The van der Waals surface area contributed by atoms with E-state index in [1.54, 1.807) is 0 Å². The minimum absolute atomic E-state index is 0.0537. The van der Waals surface area contributed by atoms with E-state index in [4.69, 9.17) is 5.11 Å². The first-order valence-electron chi connectivity index (χ1n) is 15.1. The van der Waals surface area contributed by atoms with E-state index < -0.39 is 5.97 Å². The van der Waals surface area contributed by atoms with Crippen LogP contribution >= 0.6 is 0 Å². The maximum atomic E-state index is 10.4. The fourth-order valence-electron chi connectivity index (χ4n) is 4.79. The predicted octanol–water partition coefficient (Wildman–Crippen LogP) is 9.98. The number of carboxylic acids is 1. The van der Waals surface area contributed by atoms with Gasteiger partial charge in [0.1, 0.15) is 0 Å². The zero-order valence-corrected chi connectivity index (χ0v) is 22.5. The summed E-state index contributed by atoms with van der Waals surface area (Å²) in [6.45, 7) is 2.27. The molecule has 0 fully saturated rings. The van der Waals surface area contributed by atoms with Crippen LogP contribution in [-0.4, -0.2) is 22.3 Å². The lowest BCUT2D eigenvalue weighted by atomic mass is 10.0. The fraction of sp³-hybridized carbons (Fsp3) is 0.967. The van der Waals surface area contributed by atoms with Crippen molar-refractivity contribution in [2.45, 2.75) is 186 Å². The second kappa shape index (κ2) is 27.7. The Labute approximate surface area is 207 Å². The van der Waals surface area contributed by atoms with E-state index >= 15 is 0 Å². The minimum Gasteiger partial charge on any atom is -0.481 e. The van der Waals surface area contributed by atoms with Gasteiger partial charge in [-0.2, -0.15) is 0 Å². The van der Waals surface area contributed by atoms with Gasteiger partial charge in [0, 0.05) is 6.42 Å². The number of unbranched alkanes of at least 4 members (excludes halogenated alkanes) is 22. The molecule has 1 atom stereocenters. The molecule has 0 saturated heterocycles. The van der Waals surface area contributed by atoms with Crippen LogP contribution in [0.2, 0.25) is 0 Å². The maximum absolute atomic E-state index is 10.4. The zero-order chi connectivity index (χ0) is 24.2. The highest BCUT2D eigenvalue weighted by Gasteiger charge is 2.04. The Morgan fingerprint density at radius 2 is 0.758 bits per heavy atom. The molecule has 0 amide bonds. The van der Waals surface area contributed by atoms with Crippen LogP contribution < -0.4 is 0 Å². The van der Waals surface area contributed by atoms with Crippen molar-refractivity contribution in [3.8, 4) is 0 Å². The summed E-state index contributed by atoms with van der Waals surface area (Å²) >= 11 is 0. The zero-order valence-electron chi connectivity index (χ0n) is 22.5. The van der Waals surface area contributed by atoms with Gasteiger partial charge in [-0.1, -0.05) is 155 Å². The number of hydrogen-bond donors (Lipinski definition) is 2. The minimum atomic E-state index is -0.658. The molecule has 0 aromatic heterocycles. The van der Waals surface area contributed by atoms with Crippen molar-refractivity contribution in [1.29, 1.82) is 0 Å². The van der Waals surface area contributed by atoms with E-state index in [9.17, 15) is 9.90 Å². The smallest absolute Gasteiger partial charge is 0.303 e. The third kappa shape index (κ3) is 29.4. The first-order valence-corrected chi connectivity index (χ1v) is 15.1. The highest BCUT2D eigenvalue weighted by Crippen LogP contribution is 2.16.